The molecule has 0 amide bonds. The van der Waals surface area contributed by atoms with Crippen LogP contribution >= 0.6 is 0 Å². The van der Waals surface area contributed by atoms with Crippen LogP contribution in [0.2, 0.25) is 0 Å². The Bertz CT molecular complexity index is 419. The molecule has 0 radical (unpaired) electrons. The van der Waals surface area contributed by atoms with E-state index < -0.39 is 0 Å². The smallest absolute Gasteiger partial charge is 0.334 e. The fourth-order valence-electron chi connectivity index (χ4n) is 3.13. The van der Waals surface area contributed by atoms with E-state index in [1.807, 2.05) is 6.92 Å². The molecule has 0 aliphatic heterocycles. The van der Waals surface area contributed by atoms with E-state index in [4.69, 9.17) is 9.47 Å². The summed E-state index contributed by atoms with van der Waals surface area (Å²) in [5.74, 6) is -0.467. The number of esters is 2. The monoisotopic (exact) mass is 338 g/mol. The number of rotatable bonds is 11. The van der Waals surface area contributed by atoms with Crippen LogP contribution in [0.3, 0.4) is 0 Å². The Morgan fingerprint density at radius 2 is 1.38 bits per heavy atom. The highest BCUT2D eigenvalue weighted by atomic mass is 16.5. The van der Waals surface area contributed by atoms with Gasteiger partial charge in [0.15, 0.2) is 0 Å². The second-order valence-corrected chi connectivity index (χ2v) is 6.60. The summed E-state index contributed by atoms with van der Waals surface area (Å²) in [6, 6.07) is 0. The molecule has 138 valence electrons. The lowest BCUT2D eigenvalue weighted by atomic mass is 9.90. The summed E-state index contributed by atoms with van der Waals surface area (Å²) >= 11 is 0. The molecule has 0 aromatic rings. The first kappa shape index (κ1) is 20.7. The van der Waals surface area contributed by atoms with Gasteiger partial charge in [0.05, 0.1) is 18.8 Å². The number of ether oxygens (including phenoxy) is 2. The van der Waals surface area contributed by atoms with E-state index in [0.29, 0.717) is 30.8 Å². The molecule has 0 heterocycles. The predicted molar refractivity (Wildman–Crippen MR) is 95.6 cm³/mol. The molecule has 0 bridgehead atoms. The zero-order chi connectivity index (χ0) is 17.8. The van der Waals surface area contributed by atoms with Crippen molar-refractivity contribution < 1.29 is 19.1 Å². The van der Waals surface area contributed by atoms with E-state index in [1.165, 1.54) is 0 Å². The lowest BCUT2D eigenvalue weighted by Crippen LogP contribution is -2.22. The zero-order valence-electron chi connectivity index (χ0n) is 15.7. The van der Waals surface area contributed by atoms with Crippen molar-refractivity contribution in [3.63, 3.8) is 0 Å². The van der Waals surface area contributed by atoms with Crippen LogP contribution < -0.4 is 0 Å². The van der Waals surface area contributed by atoms with Gasteiger partial charge in [-0.1, -0.05) is 52.9 Å². The van der Waals surface area contributed by atoms with Crippen LogP contribution in [0, 0.1) is 5.92 Å². The predicted octanol–water partition coefficient (Wildman–Crippen LogP) is 4.96. The second-order valence-electron chi connectivity index (χ2n) is 6.60. The van der Waals surface area contributed by atoms with Crippen LogP contribution in [0.5, 0.6) is 0 Å². The third-order valence-electron chi connectivity index (χ3n) is 4.52. The molecular weight excluding hydrogens is 304 g/mol. The molecule has 1 rings (SSSR count). The molecule has 0 N–H and O–H groups in total. The number of hydrogen-bond donors (Lipinski definition) is 0. The van der Waals surface area contributed by atoms with Crippen molar-refractivity contribution in [3.05, 3.63) is 11.1 Å². The molecule has 1 saturated carbocycles. The van der Waals surface area contributed by atoms with Crippen LogP contribution in [0.4, 0.5) is 0 Å². The van der Waals surface area contributed by atoms with Gasteiger partial charge in [0.25, 0.3) is 0 Å². The Balaban J connectivity index is 2.98. The van der Waals surface area contributed by atoms with Crippen molar-refractivity contribution in [1.29, 1.82) is 0 Å². The van der Waals surface area contributed by atoms with Gasteiger partial charge in [-0.25, -0.2) is 9.59 Å². The number of hydrogen-bond acceptors (Lipinski definition) is 4. The molecule has 4 heteroatoms. The lowest BCUT2D eigenvalue weighted by molar-refractivity contribution is -0.143. The average molecular weight is 338 g/mol. The molecule has 1 aliphatic carbocycles. The molecule has 0 saturated heterocycles. The summed E-state index contributed by atoms with van der Waals surface area (Å²) in [6.45, 7) is 7.00. The van der Waals surface area contributed by atoms with Crippen LogP contribution in [-0.4, -0.2) is 25.2 Å². The minimum Gasteiger partial charge on any atom is -0.462 e. The van der Waals surface area contributed by atoms with Crippen LogP contribution in [0.1, 0.15) is 85.0 Å². The quantitative estimate of drug-likeness (QED) is 0.303. The van der Waals surface area contributed by atoms with Gasteiger partial charge in [-0.15, -0.1) is 0 Å². The van der Waals surface area contributed by atoms with Gasteiger partial charge in [-0.2, -0.15) is 0 Å². The summed E-state index contributed by atoms with van der Waals surface area (Å²) in [4.78, 5) is 25.2. The molecule has 1 fully saturated rings. The maximum atomic E-state index is 12.7. The van der Waals surface area contributed by atoms with Crippen molar-refractivity contribution in [2.24, 2.45) is 5.92 Å². The Hall–Kier alpha value is -1.32. The van der Waals surface area contributed by atoms with E-state index in [1.54, 1.807) is 0 Å². The SMILES string of the molecule is CCCCOC(=O)C(CCC)=C(C(=O)OCCCC)C1CCCC1. The van der Waals surface area contributed by atoms with E-state index in [9.17, 15) is 9.59 Å². The summed E-state index contributed by atoms with van der Waals surface area (Å²) in [5, 5.41) is 0. The summed E-state index contributed by atoms with van der Waals surface area (Å²) < 4.78 is 10.9. The zero-order valence-corrected chi connectivity index (χ0v) is 15.7. The maximum Gasteiger partial charge on any atom is 0.334 e. The fraction of sp³-hybridized carbons (Fsp3) is 0.800. The van der Waals surface area contributed by atoms with Gasteiger partial charge >= 0.3 is 11.9 Å². The van der Waals surface area contributed by atoms with Crippen LogP contribution in [-0.2, 0) is 19.1 Å². The third-order valence-corrected chi connectivity index (χ3v) is 4.52. The lowest BCUT2D eigenvalue weighted by Gasteiger charge is -2.19. The number of unbranched alkanes of at least 4 members (excludes halogenated alkanes) is 2. The van der Waals surface area contributed by atoms with Gasteiger partial charge in [0, 0.05) is 5.57 Å². The highest BCUT2D eigenvalue weighted by Crippen LogP contribution is 2.35. The minimum absolute atomic E-state index is 0.152. The van der Waals surface area contributed by atoms with Crippen molar-refractivity contribution in [2.45, 2.75) is 85.0 Å². The molecular formula is C20H34O4. The van der Waals surface area contributed by atoms with Crippen LogP contribution in [0.25, 0.3) is 0 Å². The first-order chi connectivity index (χ1) is 11.7. The molecule has 0 spiro atoms. The van der Waals surface area contributed by atoms with Gasteiger partial charge in [-0.05, 0) is 38.0 Å². The van der Waals surface area contributed by atoms with E-state index in [-0.39, 0.29) is 17.9 Å². The molecule has 0 aromatic carbocycles. The topological polar surface area (TPSA) is 52.6 Å². The largest absolute Gasteiger partial charge is 0.462 e. The first-order valence-electron chi connectivity index (χ1n) is 9.72. The standard InChI is InChI=1S/C20H34O4/c1-4-7-14-23-19(21)17(11-6-3)18(16-12-9-10-13-16)20(22)24-15-8-5-2/h16H,4-15H2,1-3H3. The van der Waals surface area contributed by atoms with Gasteiger partial charge in [-0.3, -0.25) is 0 Å². The van der Waals surface area contributed by atoms with Gasteiger partial charge in [0.1, 0.15) is 0 Å². The summed E-state index contributed by atoms with van der Waals surface area (Å²) in [6.07, 6.45) is 9.23. The Morgan fingerprint density at radius 1 is 0.833 bits per heavy atom. The van der Waals surface area contributed by atoms with Gasteiger partial charge in [0.2, 0.25) is 0 Å². The normalized spacial score (nSPS) is 16.0. The van der Waals surface area contributed by atoms with Crippen molar-refractivity contribution >= 4 is 11.9 Å². The van der Waals surface area contributed by atoms with Crippen molar-refractivity contribution in [1.82, 2.24) is 0 Å². The molecule has 4 nitrogen and oxygen atoms in total. The Kier molecular flexibility index (Phi) is 10.4. The highest BCUT2D eigenvalue weighted by molar-refractivity contribution is 6.00. The molecule has 0 atom stereocenters. The van der Waals surface area contributed by atoms with Crippen molar-refractivity contribution in [2.75, 3.05) is 13.2 Å². The van der Waals surface area contributed by atoms with E-state index in [0.717, 1.165) is 57.8 Å². The highest BCUT2D eigenvalue weighted by Gasteiger charge is 2.31. The summed E-state index contributed by atoms with van der Waals surface area (Å²) in [7, 11) is 0. The Morgan fingerprint density at radius 3 is 1.88 bits per heavy atom. The summed E-state index contributed by atoms with van der Waals surface area (Å²) in [5.41, 5.74) is 1.16. The van der Waals surface area contributed by atoms with E-state index >= 15 is 0 Å². The minimum atomic E-state index is -0.320. The number of carbonyl (C=O) groups excluding carboxylic acids is 2. The average Bonchev–Trinajstić information content (AvgIpc) is 3.09. The maximum absolute atomic E-state index is 12.7. The molecule has 0 unspecified atom stereocenters. The van der Waals surface area contributed by atoms with Crippen molar-refractivity contribution in [3.8, 4) is 0 Å². The second kappa shape index (κ2) is 12.1. The van der Waals surface area contributed by atoms with Gasteiger partial charge < -0.3 is 9.47 Å². The van der Waals surface area contributed by atoms with Crippen LogP contribution in [0.15, 0.2) is 11.1 Å². The molecule has 0 aromatic heterocycles. The molecule has 1 aliphatic rings. The first-order valence-corrected chi connectivity index (χ1v) is 9.72. The molecule has 24 heavy (non-hydrogen) atoms. The van der Waals surface area contributed by atoms with E-state index in [2.05, 4.69) is 13.8 Å². The Labute approximate surface area is 147 Å². The fourth-order valence-corrected chi connectivity index (χ4v) is 3.13. The third kappa shape index (κ3) is 6.66. The number of carbonyl (C=O) groups is 2.